The number of carbonyl (C=O) groups is 1. The number of hydrogen-bond acceptors (Lipinski definition) is 7. The summed E-state index contributed by atoms with van der Waals surface area (Å²) in [5.41, 5.74) is 5.23. The minimum absolute atomic E-state index is 0.0767. The first-order valence-electron chi connectivity index (χ1n) is 12.1. The number of phosphoric acid groups is 1. The van der Waals surface area contributed by atoms with E-state index in [9.17, 15) is 14.3 Å². The van der Waals surface area contributed by atoms with Crippen molar-refractivity contribution < 1.29 is 32.8 Å². The van der Waals surface area contributed by atoms with Crippen LogP contribution in [0.4, 0.5) is 0 Å². The molecule has 0 saturated carbocycles. The molecule has 3 N–H and O–H groups in total. The molecule has 34 heavy (non-hydrogen) atoms. The third-order valence-corrected chi connectivity index (χ3v) is 5.29. The van der Waals surface area contributed by atoms with Gasteiger partial charge in [0.25, 0.3) is 0 Å². The summed E-state index contributed by atoms with van der Waals surface area (Å²) in [5.74, 6) is -0.522. The van der Waals surface area contributed by atoms with Gasteiger partial charge in [-0.3, -0.25) is 13.8 Å². The van der Waals surface area contributed by atoms with Crippen molar-refractivity contribution in [3.63, 3.8) is 0 Å². The summed E-state index contributed by atoms with van der Waals surface area (Å²) < 4.78 is 31.7. The lowest BCUT2D eigenvalue weighted by Gasteiger charge is -2.19. The Hall–Kier alpha value is -1.54. The van der Waals surface area contributed by atoms with Gasteiger partial charge in [0.05, 0.1) is 19.8 Å². The van der Waals surface area contributed by atoms with Crippen molar-refractivity contribution in [2.75, 3.05) is 33.0 Å². The van der Waals surface area contributed by atoms with Gasteiger partial charge in [0.15, 0.2) is 0 Å². The van der Waals surface area contributed by atoms with Crippen LogP contribution in [0.1, 0.15) is 65.2 Å². The predicted octanol–water partition coefficient (Wildman–Crippen LogP) is 5.39. The Bertz CT molecular complexity index is 662. The van der Waals surface area contributed by atoms with Crippen LogP contribution in [0.15, 0.2) is 48.6 Å². The lowest BCUT2D eigenvalue weighted by atomic mass is 10.2. The fourth-order valence-electron chi connectivity index (χ4n) is 2.69. The molecule has 0 amide bonds. The van der Waals surface area contributed by atoms with Gasteiger partial charge in [0.1, 0.15) is 6.10 Å². The highest BCUT2D eigenvalue weighted by Crippen LogP contribution is 2.42. The maximum absolute atomic E-state index is 11.7. The molecule has 0 spiro atoms. The molecule has 0 aromatic rings. The van der Waals surface area contributed by atoms with Crippen LogP contribution < -0.4 is 5.73 Å². The van der Waals surface area contributed by atoms with Crippen LogP contribution in [0.5, 0.6) is 0 Å². The van der Waals surface area contributed by atoms with Crippen molar-refractivity contribution in [1.29, 1.82) is 0 Å². The Morgan fingerprint density at radius 3 is 2.09 bits per heavy atom. The smallest absolute Gasteiger partial charge is 0.458 e. The summed E-state index contributed by atoms with van der Waals surface area (Å²) in [7, 11) is -4.23. The molecule has 2 unspecified atom stereocenters. The largest absolute Gasteiger partial charge is 0.472 e. The molecule has 0 rings (SSSR count). The van der Waals surface area contributed by atoms with Crippen LogP contribution in [0.2, 0.25) is 0 Å². The van der Waals surface area contributed by atoms with Gasteiger partial charge in [0, 0.05) is 20.1 Å². The van der Waals surface area contributed by atoms with Gasteiger partial charge < -0.3 is 20.1 Å². The first-order valence-corrected chi connectivity index (χ1v) is 13.6. The van der Waals surface area contributed by atoms with Crippen LogP contribution in [0.3, 0.4) is 0 Å². The van der Waals surface area contributed by atoms with Crippen LogP contribution in [-0.4, -0.2) is 49.9 Å². The molecule has 2 atom stereocenters. The molecule has 0 aromatic carbocycles. The number of hydrogen-bond donors (Lipinski definition) is 2. The number of unbranched alkanes of at least 4 members (excludes halogenated alkanes) is 3. The standard InChI is InChI=1S/C25H44NO7P/c1-3-4-5-6-7-8-9-10-11-12-13-14-15-16-17-18-20-30-22-25(33-24(2)27)23-32-34(28,29)31-21-19-26/h4-5,7-8,10-11,13-14,25H,3,6,9,12,15-23,26H2,1-2H3,(H,28,29)/b5-4-,8-7-,11-10-,14-13-. The Morgan fingerprint density at radius 1 is 0.882 bits per heavy atom. The highest BCUT2D eigenvalue weighted by atomic mass is 31.2. The molecule has 0 heterocycles. The van der Waals surface area contributed by atoms with Gasteiger partial charge >= 0.3 is 13.8 Å². The molecule has 9 heteroatoms. The van der Waals surface area contributed by atoms with E-state index < -0.39 is 19.9 Å². The first-order chi connectivity index (χ1) is 16.4. The molecule has 0 aromatic heterocycles. The Labute approximate surface area is 205 Å². The zero-order valence-electron chi connectivity index (χ0n) is 20.8. The Kier molecular flexibility index (Phi) is 22.2. The SMILES string of the molecule is CC/C=C\C/C=C\C/C=C\C/C=C\CCCCCOCC(COP(=O)(O)OCCN)OC(C)=O. The van der Waals surface area contributed by atoms with E-state index in [1.807, 2.05) is 0 Å². The summed E-state index contributed by atoms with van der Waals surface area (Å²) in [6.45, 7) is 3.65. The van der Waals surface area contributed by atoms with E-state index >= 15 is 0 Å². The van der Waals surface area contributed by atoms with E-state index in [0.717, 1.165) is 51.4 Å². The summed E-state index contributed by atoms with van der Waals surface area (Å²) in [5, 5.41) is 0. The molecule has 0 saturated heterocycles. The molecular formula is C25H44NO7P. The summed E-state index contributed by atoms with van der Waals surface area (Å²) in [4.78, 5) is 20.7. The zero-order chi connectivity index (χ0) is 25.3. The van der Waals surface area contributed by atoms with E-state index in [0.29, 0.717) is 6.61 Å². The first kappa shape index (κ1) is 32.5. The summed E-state index contributed by atoms with van der Waals surface area (Å²) in [6, 6.07) is 0. The highest BCUT2D eigenvalue weighted by Gasteiger charge is 2.24. The van der Waals surface area contributed by atoms with E-state index in [1.165, 1.54) is 6.92 Å². The summed E-state index contributed by atoms with van der Waals surface area (Å²) in [6.07, 6.45) is 24.7. The topological polar surface area (TPSA) is 117 Å². The Morgan fingerprint density at radius 2 is 1.50 bits per heavy atom. The average molecular weight is 502 g/mol. The van der Waals surface area contributed by atoms with E-state index in [2.05, 4.69) is 60.1 Å². The minimum Gasteiger partial charge on any atom is -0.458 e. The minimum atomic E-state index is -4.23. The van der Waals surface area contributed by atoms with Crippen LogP contribution >= 0.6 is 7.82 Å². The second-order valence-corrected chi connectivity index (χ2v) is 9.00. The van der Waals surface area contributed by atoms with Crippen LogP contribution in [0, 0.1) is 0 Å². The van der Waals surface area contributed by atoms with Crippen molar-refractivity contribution in [3.05, 3.63) is 48.6 Å². The van der Waals surface area contributed by atoms with E-state index in [1.54, 1.807) is 0 Å². The second kappa shape index (κ2) is 23.2. The number of allylic oxidation sites excluding steroid dienone is 8. The van der Waals surface area contributed by atoms with Gasteiger partial charge in [0.2, 0.25) is 0 Å². The molecule has 0 aliphatic heterocycles. The number of carbonyl (C=O) groups excluding carboxylic acids is 1. The lowest BCUT2D eigenvalue weighted by molar-refractivity contribution is -0.151. The molecule has 8 nitrogen and oxygen atoms in total. The lowest BCUT2D eigenvalue weighted by Crippen LogP contribution is -2.27. The van der Waals surface area contributed by atoms with Gasteiger partial charge in [-0.2, -0.15) is 0 Å². The number of ether oxygens (including phenoxy) is 2. The third kappa shape index (κ3) is 23.6. The molecule has 0 aliphatic rings. The van der Waals surface area contributed by atoms with E-state index in [4.69, 9.17) is 19.7 Å². The molecule has 0 fully saturated rings. The number of nitrogens with two attached hydrogens (primary N) is 1. The maximum atomic E-state index is 11.7. The van der Waals surface area contributed by atoms with Gasteiger partial charge in [-0.1, -0.05) is 62.0 Å². The highest BCUT2D eigenvalue weighted by molar-refractivity contribution is 7.47. The summed E-state index contributed by atoms with van der Waals surface area (Å²) >= 11 is 0. The normalized spacial score (nSPS) is 15.1. The fraction of sp³-hybridized carbons (Fsp3) is 0.640. The van der Waals surface area contributed by atoms with Crippen LogP contribution in [0.25, 0.3) is 0 Å². The zero-order valence-corrected chi connectivity index (χ0v) is 21.7. The predicted molar refractivity (Wildman–Crippen MR) is 136 cm³/mol. The van der Waals surface area contributed by atoms with Gasteiger partial charge in [-0.15, -0.1) is 0 Å². The van der Waals surface area contributed by atoms with Crippen molar-refractivity contribution in [2.24, 2.45) is 5.73 Å². The maximum Gasteiger partial charge on any atom is 0.472 e. The fourth-order valence-corrected chi connectivity index (χ4v) is 3.45. The number of phosphoric ester groups is 1. The quantitative estimate of drug-likeness (QED) is 0.0877. The molecule has 0 radical (unpaired) electrons. The second-order valence-electron chi connectivity index (χ2n) is 7.54. The molecule has 0 aliphatic carbocycles. The van der Waals surface area contributed by atoms with Crippen molar-refractivity contribution >= 4 is 13.8 Å². The van der Waals surface area contributed by atoms with E-state index in [-0.39, 0.29) is 26.4 Å². The third-order valence-electron chi connectivity index (χ3n) is 4.31. The average Bonchev–Trinajstić information content (AvgIpc) is 2.80. The van der Waals surface area contributed by atoms with Gasteiger partial charge in [-0.05, 0) is 44.9 Å². The molecule has 196 valence electrons. The van der Waals surface area contributed by atoms with Crippen molar-refractivity contribution in [1.82, 2.24) is 0 Å². The Balaban J connectivity index is 3.82. The van der Waals surface area contributed by atoms with Crippen molar-refractivity contribution in [3.8, 4) is 0 Å². The van der Waals surface area contributed by atoms with Crippen LogP contribution in [-0.2, 0) is 27.9 Å². The van der Waals surface area contributed by atoms with Crippen molar-refractivity contribution in [2.45, 2.75) is 71.3 Å². The monoisotopic (exact) mass is 501 g/mol. The number of rotatable bonds is 22. The molecular weight excluding hydrogens is 457 g/mol. The molecule has 0 bridgehead atoms. The van der Waals surface area contributed by atoms with Gasteiger partial charge in [-0.25, -0.2) is 4.57 Å². The number of esters is 1.